The molecule has 0 aromatic heterocycles. The van der Waals surface area contributed by atoms with Crippen molar-refractivity contribution in [1.82, 2.24) is 0 Å². The number of hydrogen-bond donors (Lipinski definition) is 0. The molecule has 0 saturated carbocycles. The number of ether oxygens (including phenoxy) is 1. The molecule has 2 unspecified atom stereocenters. The van der Waals surface area contributed by atoms with Crippen molar-refractivity contribution >= 4 is 0 Å². The van der Waals surface area contributed by atoms with Gasteiger partial charge in [-0.05, 0) is 49.0 Å². The summed E-state index contributed by atoms with van der Waals surface area (Å²) >= 11 is 0. The Morgan fingerprint density at radius 2 is 0.523 bits per heavy atom. The van der Waals surface area contributed by atoms with E-state index < -0.39 is 11.2 Å². The van der Waals surface area contributed by atoms with Gasteiger partial charge >= 0.3 is 0 Å². The molecule has 1 heteroatoms. The van der Waals surface area contributed by atoms with Gasteiger partial charge in [-0.25, -0.2) is 0 Å². The molecule has 2 atom stereocenters. The Bertz CT molecular complexity index is 1240. The molecule has 1 nitrogen and oxygen atoms in total. The van der Waals surface area contributed by atoms with Crippen molar-refractivity contribution in [3.8, 4) is 0 Å². The maximum atomic E-state index is 7.83. The predicted octanol–water partition coefficient (Wildman–Crippen LogP) is 21.8. The Kier molecular flexibility index (Phi) is 37.1. The standard InChI is InChI=1S/C64H110O/c1-7-9-11-13-15-17-19-21-23-25-27-29-31-33-35-37-39-41-49-55-63(59(3)4,57-61-51-45-43-46-52-61)65-64(60(5)6,58-62-53-47-44-48-54-62)56-50-42-40-38-36-34-32-30-28-26-24-22-20-18-16-14-12-10-8-2/h43-48,51-54H,3,5,7-42,49-50,55-58H2,1-2,4,6H3. The van der Waals surface area contributed by atoms with E-state index in [-0.39, 0.29) is 0 Å². The Hall–Kier alpha value is -2.12. The third kappa shape index (κ3) is 30.1. The van der Waals surface area contributed by atoms with E-state index in [1.807, 2.05) is 0 Å². The Morgan fingerprint density at radius 1 is 0.323 bits per heavy atom. The highest BCUT2D eigenvalue weighted by molar-refractivity contribution is 5.27. The zero-order valence-electron chi connectivity index (χ0n) is 44.3. The predicted molar refractivity (Wildman–Crippen MR) is 292 cm³/mol. The average Bonchev–Trinajstić information content (AvgIpc) is 3.31. The second kappa shape index (κ2) is 40.9. The minimum absolute atomic E-state index is 0.433. The first-order valence-corrected chi connectivity index (χ1v) is 29.0. The van der Waals surface area contributed by atoms with Gasteiger partial charge in [0.1, 0.15) is 0 Å². The van der Waals surface area contributed by atoms with Crippen LogP contribution in [0.15, 0.2) is 85.0 Å². The molecule has 2 aromatic carbocycles. The lowest BCUT2D eigenvalue weighted by atomic mass is 9.78. The molecular weight excluding hydrogens is 785 g/mol. The molecule has 0 fully saturated rings. The van der Waals surface area contributed by atoms with Gasteiger partial charge in [0.15, 0.2) is 0 Å². The van der Waals surface area contributed by atoms with E-state index in [4.69, 9.17) is 17.9 Å². The van der Waals surface area contributed by atoms with Crippen LogP contribution < -0.4 is 0 Å². The summed E-state index contributed by atoms with van der Waals surface area (Å²) in [7, 11) is 0. The van der Waals surface area contributed by atoms with Gasteiger partial charge < -0.3 is 4.74 Å². The fraction of sp³-hybridized carbons (Fsp3) is 0.750. The Balaban J connectivity index is 1.83. The van der Waals surface area contributed by atoms with E-state index in [1.54, 1.807) is 0 Å². The van der Waals surface area contributed by atoms with E-state index in [0.29, 0.717) is 0 Å². The maximum absolute atomic E-state index is 7.83. The van der Waals surface area contributed by atoms with Gasteiger partial charge in [0.25, 0.3) is 0 Å². The van der Waals surface area contributed by atoms with Crippen LogP contribution in [0.2, 0.25) is 0 Å². The van der Waals surface area contributed by atoms with Crippen LogP contribution in [0.3, 0.4) is 0 Å². The normalized spacial score (nSPS) is 13.5. The first kappa shape index (κ1) is 59.0. The van der Waals surface area contributed by atoms with Crippen molar-refractivity contribution in [2.75, 3.05) is 0 Å². The number of unbranched alkanes of at least 4 members (excludes halogenated alkanes) is 36. The summed E-state index contributed by atoms with van der Waals surface area (Å²) in [6, 6.07) is 22.2. The van der Waals surface area contributed by atoms with E-state index in [1.165, 1.54) is 255 Å². The largest absolute Gasteiger partial charge is 0.359 e. The fourth-order valence-electron chi connectivity index (χ4n) is 10.5. The summed E-state index contributed by atoms with van der Waals surface area (Å²) in [5.41, 5.74) is 4.14. The first-order chi connectivity index (χ1) is 31.9. The molecule has 65 heavy (non-hydrogen) atoms. The quantitative estimate of drug-likeness (QED) is 0.0475. The van der Waals surface area contributed by atoms with Gasteiger partial charge in [-0.15, -0.1) is 0 Å². The minimum atomic E-state index is -0.433. The summed E-state index contributed by atoms with van der Waals surface area (Å²) in [5.74, 6) is 0. The molecule has 0 bridgehead atoms. The lowest BCUT2D eigenvalue weighted by Crippen LogP contribution is -2.49. The molecule has 0 N–H and O–H groups in total. The molecule has 0 spiro atoms. The second-order valence-corrected chi connectivity index (χ2v) is 21.2. The molecule has 0 amide bonds. The van der Waals surface area contributed by atoms with Crippen molar-refractivity contribution in [1.29, 1.82) is 0 Å². The molecule has 0 saturated heterocycles. The van der Waals surface area contributed by atoms with Gasteiger partial charge in [0.05, 0.1) is 11.2 Å². The zero-order chi connectivity index (χ0) is 46.8. The monoisotopic (exact) mass is 895 g/mol. The van der Waals surface area contributed by atoms with Crippen LogP contribution in [0.25, 0.3) is 0 Å². The van der Waals surface area contributed by atoms with Crippen molar-refractivity contribution in [3.63, 3.8) is 0 Å². The van der Waals surface area contributed by atoms with Crippen LogP contribution in [0.5, 0.6) is 0 Å². The van der Waals surface area contributed by atoms with Crippen LogP contribution in [-0.4, -0.2) is 11.2 Å². The SMILES string of the molecule is C=C(C)C(CCCCCCCCCCCCCCCCCCCCC)(Cc1ccccc1)OC(CCCCCCCCCCCCCCCCCCCCC)(Cc1ccccc1)C(=C)C. The molecule has 0 aliphatic heterocycles. The maximum Gasteiger partial charge on any atom is 0.0938 e. The summed E-state index contributed by atoms with van der Waals surface area (Å²) in [6.45, 7) is 18.5. The second-order valence-electron chi connectivity index (χ2n) is 21.2. The van der Waals surface area contributed by atoms with Gasteiger partial charge in [0.2, 0.25) is 0 Å². The highest BCUT2D eigenvalue weighted by Crippen LogP contribution is 2.42. The van der Waals surface area contributed by atoms with Crippen LogP contribution in [0, 0.1) is 0 Å². The summed E-state index contributed by atoms with van der Waals surface area (Å²) < 4.78 is 7.83. The highest BCUT2D eigenvalue weighted by atomic mass is 16.5. The van der Waals surface area contributed by atoms with Crippen LogP contribution in [-0.2, 0) is 17.6 Å². The smallest absolute Gasteiger partial charge is 0.0938 e. The molecule has 0 heterocycles. The van der Waals surface area contributed by atoms with Crippen LogP contribution >= 0.6 is 0 Å². The number of hydrogen-bond acceptors (Lipinski definition) is 1. The lowest BCUT2D eigenvalue weighted by molar-refractivity contribution is -0.128. The molecular formula is C64H110O. The van der Waals surface area contributed by atoms with Gasteiger partial charge in [-0.3, -0.25) is 0 Å². The van der Waals surface area contributed by atoms with Crippen LogP contribution in [0.1, 0.15) is 296 Å². The van der Waals surface area contributed by atoms with Gasteiger partial charge in [-0.2, -0.15) is 0 Å². The van der Waals surface area contributed by atoms with E-state index in [2.05, 4.69) is 88.4 Å². The first-order valence-electron chi connectivity index (χ1n) is 29.0. The van der Waals surface area contributed by atoms with E-state index in [9.17, 15) is 0 Å². The van der Waals surface area contributed by atoms with Crippen molar-refractivity contribution in [2.24, 2.45) is 0 Å². The molecule has 0 aliphatic carbocycles. The number of benzene rings is 2. The summed E-state index contributed by atoms with van der Waals surface area (Å²) in [6.07, 6.45) is 57.0. The lowest BCUT2D eigenvalue weighted by Gasteiger charge is -2.46. The van der Waals surface area contributed by atoms with Crippen molar-refractivity contribution in [3.05, 3.63) is 96.1 Å². The zero-order valence-corrected chi connectivity index (χ0v) is 44.3. The van der Waals surface area contributed by atoms with Gasteiger partial charge in [0, 0.05) is 12.8 Å². The molecule has 372 valence electrons. The van der Waals surface area contributed by atoms with Crippen molar-refractivity contribution in [2.45, 2.75) is 309 Å². The van der Waals surface area contributed by atoms with Crippen LogP contribution in [0.4, 0.5) is 0 Å². The van der Waals surface area contributed by atoms with Gasteiger partial charge in [-0.1, -0.05) is 332 Å². The van der Waals surface area contributed by atoms with E-state index >= 15 is 0 Å². The minimum Gasteiger partial charge on any atom is -0.359 e. The third-order valence-electron chi connectivity index (χ3n) is 15.0. The Morgan fingerprint density at radius 3 is 0.723 bits per heavy atom. The fourth-order valence-corrected chi connectivity index (χ4v) is 10.5. The molecule has 0 aliphatic rings. The summed E-state index contributed by atoms with van der Waals surface area (Å²) in [4.78, 5) is 0. The molecule has 2 aromatic rings. The van der Waals surface area contributed by atoms with E-state index in [0.717, 1.165) is 36.8 Å². The summed E-state index contributed by atoms with van der Waals surface area (Å²) in [5, 5.41) is 0. The molecule has 2 rings (SSSR count). The van der Waals surface area contributed by atoms with Crippen molar-refractivity contribution < 1.29 is 4.74 Å². The average molecular weight is 896 g/mol. The Labute approximate surface area is 407 Å². The number of rotatable bonds is 48. The third-order valence-corrected chi connectivity index (χ3v) is 15.0. The molecule has 0 radical (unpaired) electrons. The highest BCUT2D eigenvalue weighted by Gasteiger charge is 2.43. The topological polar surface area (TPSA) is 9.23 Å².